The van der Waals surface area contributed by atoms with Crippen LogP contribution in [0.1, 0.15) is 40.2 Å². The van der Waals surface area contributed by atoms with Crippen LogP contribution in [0.4, 0.5) is 0 Å². The molecule has 1 N–H and O–H groups in total. The van der Waals surface area contributed by atoms with E-state index in [1.807, 2.05) is 20.0 Å². The summed E-state index contributed by atoms with van der Waals surface area (Å²) in [7, 11) is 0. The minimum absolute atomic E-state index is 0.0376. The van der Waals surface area contributed by atoms with E-state index in [-0.39, 0.29) is 5.41 Å². The highest BCUT2D eigenvalue weighted by Crippen LogP contribution is 2.32. The quantitative estimate of drug-likeness (QED) is 0.735. The minimum atomic E-state index is -0.435. The summed E-state index contributed by atoms with van der Waals surface area (Å²) in [5, 5.41) is 13.6. The van der Waals surface area contributed by atoms with E-state index in [2.05, 4.69) is 25.9 Å². The molecule has 16 heavy (non-hydrogen) atoms. The zero-order valence-electron chi connectivity index (χ0n) is 10.8. The maximum absolute atomic E-state index is 9.38. The van der Waals surface area contributed by atoms with Gasteiger partial charge in [0.2, 0.25) is 5.88 Å². The Balaban J connectivity index is 0.000000606. The van der Waals surface area contributed by atoms with Crippen LogP contribution in [0.15, 0.2) is 6.20 Å². The molecule has 0 bridgehead atoms. The third kappa shape index (κ3) is 2.55. The lowest BCUT2D eigenvalue weighted by Gasteiger charge is -2.24. The van der Waals surface area contributed by atoms with E-state index in [0.29, 0.717) is 13.2 Å². The van der Waals surface area contributed by atoms with Gasteiger partial charge in [-0.15, -0.1) is 0 Å². The zero-order chi connectivity index (χ0) is 12.3. The summed E-state index contributed by atoms with van der Waals surface area (Å²) < 4.78 is 7.21. The van der Waals surface area contributed by atoms with Crippen LogP contribution in [-0.4, -0.2) is 27.6 Å². The molecule has 4 heteroatoms. The summed E-state index contributed by atoms with van der Waals surface area (Å²) in [6.45, 7) is 11.3. The number of aliphatic hydroxyl groups is 1. The second kappa shape index (κ2) is 4.87. The molecular formula is C12H22N2O2. The Labute approximate surface area is 97.2 Å². The number of rotatable bonds is 0. The van der Waals surface area contributed by atoms with Gasteiger partial charge in [0.25, 0.3) is 0 Å². The average molecular weight is 226 g/mol. The molecule has 1 aliphatic rings. The highest BCUT2D eigenvalue weighted by molar-refractivity contribution is 5.31. The summed E-state index contributed by atoms with van der Waals surface area (Å²) in [6.07, 6.45) is 1.39. The van der Waals surface area contributed by atoms with Gasteiger partial charge < -0.3 is 9.84 Å². The Kier molecular flexibility index (Phi) is 3.97. The van der Waals surface area contributed by atoms with Crippen molar-refractivity contribution in [3.8, 4) is 5.88 Å². The van der Waals surface area contributed by atoms with Crippen molar-refractivity contribution >= 4 is 0 Å². The number of hydrogen-bond acceptors (Lipinski definition) is 3. The molecular weight excluding hydrogens is 204 g/mol. The number of nitrogens with zero attached hydrogens (tertiary/aromatic N) is 2. The average Bonchev–Trinajstić information content (AvgIpc) is 2.62. The Morgan fingerprint density at radius 2 is 2.06 bits per heavy atom. The molecule has 0 fully saturated rings. The van der Waals surface area contributed by atoms with Gasteiger partial charge in [0.1, 0.15) is 12.7 Å². The predicted octanol–water partition coefficient (Wildman–Crippen LogP) is 1.96. The first-order valence-corrected chi connectivity index (χ1v) is 5.85. The first-order chi connectivity index (χ1) is 7.48. The molecule has 1 aromatic heterocycles. The number of aliphatic hydroxyl groups excluding tert-OH is 1. The largest absolute Gasteiger partial charge is 0.475 e. The van der Waals surface area contributed by atoms with Crippen molar-refractivity contribution in [1.82, 2.24) is 9.78 Å². The van der Waals surface area contributed by atoms with Crippen LogP contribution >= 0.6 is 0 Å². The third-order valence-electron chi connectivity index (χ3n) is 2.40. The number of aromatic nitrogens is 2. The molecule has 0 radical (unpaired) electrons. The Bertz CT molecular complexity index is 339. The van der Waals surface area contributed by atoms with Crippen molar-refractivity contribution in [2.75, 3.05) is 6.61 Å². The second-order valence-electron chi connectivity index (χ2n) is 4.76. The highest BCUT2D eigenvalue weighted by atomic mass is 16.5. The van der Waals surface area contributed by atoms with Gasteiger partial charge in [-0.3, -0.25) is 0 Å². The van der Waals surface area contributed by atoms with Crippen LogP contribution in [0, 0.1) is 0 Å². The molecule has 1 aromatic rings. The molecule has 0 amide bonds. The Morgan fingerprint density at radius 1 is 1.44 bits per heavy atom. The summed E-state index contributed by atoms with van der Waals surface area (Å²) >= 11 is 0. The van der Waals surface area contributed by atoms with Gasteiger partial charge in [-0.2, -0.15) is 5.10 Å². The third-order valence-corrected chi connectivity index (χ3v) is 2.40. The van der Waals surface area contributed by atoms with Crippen LogP contribution in [0.25, 0.3) is 0 Å². The lowest BCUT2D eigenvalue weighted by molar-refractivity contribution is 0.0545. The van der Waals surface area contributed by atoms with Gasteiger partial charge >= 0.3 is 0 Å². The van der Waals surface area contributed by atoms with E-state index in [9.17, 15) is 5.11 Å². The van der Waals surface area contributed by atoms with Crippen molar-refractivity contribution in [2.24, 2.45) is 0 Å². The summed E-state index contributed by atoms with van der Waals surface area (Å²) in [6, 6.07) is 0. The lowest BCUT2D eigenvalue weighted by Crippen LogP contribution is -2.31. The van der Waals surface area contributed by atoms with Gasteiger partial charge in [-0.05, 0) is 5.41 Å². The number of fused-ring (bicyclic) bond motifs is 1. The fourth-order valence-electron chi connectivity index (χ4n) is 1.60. The molecule has 2 heterocycles. The van der Waals surface area contributed by atoms with Crippen LogP contribution < -0.4 is 4.74 Å². The molecule has 0 spiro atoms. The Hall–Kier alpha value is -1.03. The maximum Gasteiger partial charge on any atom is 0.215 e. The standard InChI is InChI=1S/C10H16N2O2.C2H6/c1-10(2,3)8-4-11-12-5-7(13)6-14-9(8)12;1-2/h4,7,13H,5-6H2,1-3H3;1-2H3. The molecule has 4 nitrogen and oxygen atoms in total. The topological polar surface area (TPSA) is 47.3 Å². The summed E-state index contributed by atoms with van der Waals surface area (Å²) in [5.74, 6) is 0.808. The van der Waals surface area contributed by atoms with Gasteiger partial charge in [0, 0.05) is 5.56 Å². The highest BCUT2D eigenvalue weighted by Gasteiger charge is 2.27. The summed E-state index contributed by atoms with van der Waals surface area (Å²) in [4.78, 5) is 0. The van der Waals surface area contributed by atoms with E-state index in [1.165, 1.54) is 0 Å². The number of ether oxygens (including phenoxy) is 1. The van der Waals surface area contributed by atoms with E-state index in [0.717, 1.165) is 11.4 Å². The predicted molar refractivity (Wildman–Crippen MR) is 63.8 cm³/mol. The van der Waals surface area contributed by atoms with E-state index >= 15 is 0 Å². The molecule has 1 atom stereocenters. The fourth-order valence-corrected chi connectivity index (χ4v) is 1.60. The normalized spacial score (nSPS) is 19.2. The maximum atomic E-state index is 9.38. The van der Waals surface area contributed by atoms with Crippen LogP contribution in [0.3, 0.4) is 0 Å². The van der Waals surface area contributed by atoms with Gasteiger partial charge in [-0.1, -0.05) is 34.6 Å². The fraction of sp³-hybridized carbons (Fsp3) is 0.750. The number of hydrogen-bond donors (Lipinski definition) is 1. The van der Waals surface area contributed by atoms with Crippen molar-refractivity contribution < 1.29 is 9.84 Å². The molecule has 1 unspecified atom stereocenters. The van der Waals surface area contributed by atoms with Crippen molar-refractivity contribution in [2.45, 2.75) is 52.7 Å². The van der Waals surface area contributed by atoms with Crippen molar-refractivity contribution in [1.29, 1.82) is 0 Å². The van der Waals surface area contributed by atoms with Crippen LogP contribution in [-0.2, 0) is 12.0 Å². The van der Waals surface area contributed by atoms with Gasteiger partial charge in [0.05, 0.1) is 12.7 Å². The van der Waals surface area contributed by atoms with Gasteiger partial charge in [-0.25, -0.2) is 4.68 Å². The first-order valence-electron chi connectivity index (χ1n) is 5.85. The molecule has 2 rings (SSSR count). The molecule has 1 aliphatic heterocycles. The molecule has 0 saturated heterocycles. The minimum Gasteiger partial charge on any atom is -0.475 e. The van der Waals surface area contributed by atoms with Crippen LogP contribution in [0.2, 0.25) is 0 Å². The SMILES string of the molecule is CC.CC(C)(C)c1cnn2c1OCC(O)C2. The van der Waals surface area contributed by atoms with Crippen molar-refractivity contribution in [3.63, 3.8) is 0 Å². The monoisotopic (exact) mass is 226 g/mol. The molecule has 92 valence electrons. The lowest BCUT2D eigenvalue weighted by atomic mass is 9.89. The second-order valence-corrected chi connectivity index (χ2v) is 4.76. The van der Waals surface area contributed by atoms with E-state index < -0.39 is 6.10 Å². The zero-order valence-corrected chi connectivity index (χ0v) is 10.8. The first kappa shape index (κ1) is 13.0. The molecule has 0 aliphatic carbocycles. The summed E-state index contributed by atoms with van der Waals surface area (Å²) in [5.41, 5.74) is 1.14. The Morgan fingerprint density at radius 3 is 2.62 bits per heavy atom. The smallest absolute Gasteiger partial charge is 0.215 e. The van der Waals surface area contributed by atoms with E-state index in [1.54, 1.807) is 4.68 Å². The molecule has 0 aromatic carbocycles. The molecule has 0 saturated carbocycles. The van der Waals surface area contributed by atoms with Crippen molar-refractivity contribution in [3.05, 3.63) is 11.8 Å². The van der Waals surface area contributed by atoms with E-state index in [4.69, 9.17) is 4.74 Å². The van der Waals surface area contributed by atoms with Gasteiger partial charge in [0.15, 0.2) is 0 Å². The van der Waals surface area contributed by atoms with Crippen LogP contribution in [0.5, 0.6) is 5.88 Å².